The van der Waals surface area contributed by atoms with Crippen molar-refractivity contribution in [1.29, 1.82) is 0 Å². The van der Waals surface area contributed by atoms with E-state index in [1.165, 1.54) is 0 Å². The summed E-state index contributed by atoms with van der Waals surface area (Å²) in [5, 5.41) is 2.91. The Morgan fingerprint density at radius 2 is 1.90 bits per heavy atom. The lowest BCUT2D eigenvalue weighted by Gasteiger charge is -2.37. The van der Waals surface area contributed by atoms with E-state index in [0.29, 0.717) is 25.4 Å². The molecule has 2 aliphatic heterocycles. The van der Waals surface area contributed by atoms with Gasteiger partial charge in [0.25, 0.3) is 0 Å². The molecule has 2 heterocycles. The summed E-state index contributed by atoms with van der Waals surface area (Å²) in [6.07, 6.45) is 0.733. The molecule has 1 unspecified atom stereocenters. The smallest absolute Gasteiger partial charge is 0.317 e. The van der Waals surface area contributed by atoms with Crippen LogP contribution in [0.2, 0.25) is 0 Å². The number of carbonyl (C=O) groups excluding carboxylic acids is 1. The maximum Gasteiger partial charge on any atom is 0.317 e. The number of nitrogens with zero attached hydrogens (tertiary/aromatic N) is 3. The van der Waals surface area contributed by atoms with E-state index in [-0.39, 0.29) is 17.8 Å². The van der Waals surface area contributed by atoms with E-state index >= 15 is 0 Å². The molecule has 1 atom stereocenters. The molecular weight excluding hydrogens is 292 g/mol. The van der Waals surface area contributed by atoms with E-state index in [1.807, 2.05) is 23.9 Å². The minimum absolute atomic E-state index is 0.0180. The number of likely N-dealkylation sites (N-methyl/N-ethyl adjacent to an activating group) is 1. The largest absolute Gasteiger partial charge is 0.337 e. The van der Waals surface area contributed by atoms with Crippen molar-refractivity contribution in [1.82, 2.24) is 20.0 Å². The monoisotopic (exact) mass is 318 g/mol. The molecule has 122 valence electrons. The summed E-state index contributed by atoms with van der Waals surface area (Å²) in [7, 11) is 1.11. The number of hydrogen-bond donors (Lipinski definition) is 1. The fourth-order valence-corrected chi connectivity index (χ4v) is 4.61. The van der Waals surface area contributed by atoms with Crippen molar-refractivity contribution in [2.24, 2.45) is 0 Å². The normalized spacial score (nSPS) is 26.2. The standard InChI is InChI=1S/C13H26N4O3S/c1-15(2)5-4-14-13(18)17-8-6-16(7-9-17)12-3-10-21(19,20)11-12/h12H,3-11H2,1-2H3,(H,14,18). The fourth-order valence-electron chi connectivity index (χ4n) is 2.85. The minimum atomic E-state index is -2.83. The van der Waals surface area contributed by atoms with Gasteiger partial charge in [-0.25, -0.2) is 13.2 Å². The summed E-state index contributed by atoms with van der Waals surface area (Å²) >= 11 is 0. The lowest BCUT2D eigenvalue weighted by molar-refractivity contribution is 0.115. The summed E-state index contributed by atoms with van der Waals surface area (Å²) in [4.78, 5) is 18.1. The molecule has 2 fully saturated rings. The summed E-state index contributed by atoms with van der Waals surface area (Å²) in [6.45, 7) is 4.34. The van der Waals surface area contributed by atoms with E-state index < -0.39 is 9.84 Å². The molecule has 2 rings (SSSR count). The first-order chi connectivity index (χ1) is 9.87. The lowest BCUT2D eigenvalue weighted by Crippen LogP contribution is -2.54. The average molecular weight is 318 g/mol. The second-order valence-corrected chi connectivity index (χ2v) is 8.34. The molecule has 21 heavy (non-hydrogen) atoms. The zero-order valence-electron chi connectivity index (χ0n) is 12.9. The quantitative estimate of drug-likeness (QED) is 0.724. The highest BCUT2D eigenvalue weighted by Crippen LogP contribution is 2.19. The second-order valence-electron chi connectivity index (χ2n) is 6.12. The number of piperazine rings is 1. The first-order valence-corrected chi connectivity index (χ1v) is 9.31. The van der Waals surface area contributed by atoms with Crippen LogP contribution in [-0.2, 0) is 9.84 Å². The Balaban J connectivity index is 1.72. The van der Waals surface area contributed by atoms with Crippen LogP contribution in [0.4, 0.5) is 4.79 Å². The van der Waals surface area contributed by atoms with Crippen molar-refractivity contribution < 1.29 is 13.2 Å². The van der Waals surface area contributed by atoms with Crippen molar-refractivity contribution in [2.45, 2.75) is 12.5 Å². The van der Waals surface area contributed by atoms with Crippen molar-refractivity contribution in [3.05, 3.63) is 0 Å². The maximum absolute atomic E-state index is 12.0. The molecule has 8 heteroatoms. The van der Waals surface area contributed by atoms with E-state index in [4.69, 9.17) is 0 Å². The molecule has 0 spiro atoms. The predicted molar refractivity (Wildman–Crippen MR) is 82.2 cm³/mol. The van der Waals surface area contributed by atoms with Crippen LogP contribution in [0.25, 0.3) is 0 Å². The van der Waals surface area contributed by atoms with E-state index in [2.05, 4.69) is 10.2 Å². The van der Waals surface area contributed by atoms with Gasteiger partial charge in [-0.3, -0.25) is 4.90 Å². The van der Waals surface area contributed by atoms with Gasteiger partial charge >= 0.3 is 6.03 Å². The van der Waals surface area contributed by atoms with Gasteiger partial charge in [0.2, 0.25) is 0 Å². The first kappa shape index (κ1) is 16.5. The van der Waals surface area contributed by atoms with Gasteiger partial charge in [-0.15, -0.1) is 0 Å². The molecule has 0 bridgehead atoms. The SMILES string of the molecule is CN(C)CCNC(=O)N1CCN(C2CCS(=O)(=O)C2)CC1. The van der Waals surface area contributed by atoms with Crippen molar-refractivity contribution in [2.75, 3.05) is 64.9 Å². The molecular formula is C13H26N4O3S. The predicted octanol–water partition coefficient (Wildman–Crippen LogP) is -0.938. The van der Waals surface area contributed by atoms with Crippen LogP contribution >= 0.6 is 0 Å². The molecule has 2 saturated heterocycles. The zero-order valence-corrected chi connectivity index (χ0v) is 13.7. The number of hydrogen-bond acceptors (Lipinski definition) is 5. The number of rotatable bonds is 4. The third-order valence-electron chi connectivity index (χ3n) is 4.16. The molecule has 0 aromatic carbocycles. The molecule has 2 aliphatic rings. The lowest BCUT2D eigenvalue weighted by atomic mass is 10.2. The average Bonchev–Trinajstić information content (AvgIpc) is 2.79. The Kier molecular flexibility index (Phi) is 5.45. The highest BCUT2D eigenvalue weighted by Gasteiger charge is 2.34. The topological polar surface area (TPSA) is 73.0 Å². The number of urea groups is 1. The molecule has 0 saturated carbocycles. The summed E-state index contributed by atoms with van der Waals surface area (Å²) < 4.78 is 23.0. The molecule has 0 aromatic rings. The summed E-state index contributed by atoms with van der Waals surface area (Å²) in [6, 6.07) is 0.129. The minimum Gasteiger partial charge on any atom is -0.337 e. The van der Waals surface area contributed by atoms with Gasteiger partial charge in [-0.05, 0) is 20.5 Å². The Hall–Kier alpha value is -0.860. The third-order valence-corrected chi connectivity index (χ3v) is 5.91. The van der Waals surface area contributed by atoms with Gasteiger partial charge < -0.3 is 15.1 Å². The first-order valence-electron chi connectivity index (χ1n) is 7.49. The molecule has 1 N–H and O–H groups in total. The van der Waals surface area contributed by atoms with Crippen LogP contribution in [0.15, 0.2) is 0 Å². The highest BCUT2D eigenvalue weighted by atomic mass is 32.2. The molecule has 0 aliphatic carbocycles. The summed E-state index contributed by atoms with van der Waals surface area (Å²) in [5.41, 5.74) is 0. The van der Waals surface area contributed by atoms with Gasteiger partial charge in [0.1, 0.15) is 0 Å². The molecule has 2 amide bonds. The van der Waals surface area contributed by atoms with Crippen LogP contribution in [-0.4, -0.2) is 100 Å². The molecule has 0 aromatic heterocycles. The Labute approximate surface area is 127 Å². The Morgan fingerprint density at radius 1 is 1.24 bits per heavy atom. The molecule has 7 nitrogen and oxygen atoms in total. The van der Waals surface area contributed by atoms with Gasteiger partial charge in [0.05, 0.1) is 11.5 Å². The highest BCUT2D eigenvalue weighted by molar-refractivity contribution is 7.91. The van der Waals surface area contributed by atoms with E-state index in [1.54, 1.807) is 0 Å². The Bertz CT molecular complexity index is 458. The second kappa shape index (κ2) is 6.93. The van der Waals surface area contributed by atoms with Gasteiger partial charge in [0, 0.05) is 45.3 Å². The molecule has 0 radical (unpaired) electrons. The zero-order chi connectivity index (χ0) is 15.5. The van der Waals surface area contributed by atoms with E-state index in [9.17, 15) is 13.2 Å². The fraction of sp³-hybridized carbons (Fsp3) is 0.923. The van der Waals surface area contributed by atoms with Crippen LogP contribution < -0.4 is 5.32 Å². The van der Waals surface area contributed by atoms with Crippen LogP contribution in [0, 0.1) is 0 Å². The van der Waals surface area contributed by atoms with Gasteiger partial charge in [-0.2, -0.15) is 0 Å². The van der Waals surface area contributed by atoms with Crippen molar-refractivity contribution in [3.8, 4) is 0 Å². The van der Waals surface area contributed by atoms with Crippen LogP contribution in [0.1, 0.15) is 6.42 Å². The van der Waals surface area contributed by atoms with E-state index in [0.717, 1.165) is 26.1 Å². The number of carbonyl (C=O) groups is 1. The number of nitrogens with one attached hydrogen (secondary N) is 1. The number of sulfone groups is 1. The van der Waals surface area contributed by atoms with Crippen molar-refractivity contribution in [3.63, 3.8) is 0 Å². The van der Waals surface area contributed by atoms with Crippen LogP contribution in [0.5, 0.6) is 0 Å². The van der Waals surface area contributed by atoms with Crippen molar-refractivity contribution >= 4 is 15.9 Å². The number of amides is 2. The Morgan fingerprint density at radius 3 is 2.43 bits per heavy atom. The van der Waals surface area contributed by atoms with Crippen LogP contribution in [0.3, 0.4) is 0 Å². The maximum atomic E-state index is 12.0. The van der Waals surface area contributed by atoms with Gasteiger partial charge in [0.15, 0.2) is 9.84 Å². The summed E-state index contributed by atoms with van der Waals surface area (Å²) in [5.74, 6) is 0.588. The van der Waals surface area contributed by atoms with Gasteiger partial charge in [-0.1, -0.05) is 0 Å². The third kappa shape index (κ3) is 4.82.